The Balaban J connectivity index is 1.27. The molecule has 0 radical (unpaired) electrons. The first-order valence-electron chi connectivity index (χ1n) is 10.0. The number of imidazole rings is 2. The number of hydrogen-bond acceptors (Lipinski definition) is 6. The van der Waals surface area contributed by atoms with Gasteiger partial charge in [-0.25, -0.2) is 19.9 Å². The minimum absolute atomic E-state index is 0.491. The average Bonchev–Trinajstić information content (AvgIpc) is 3.53. The highest BCUT2D eigenvalue weighted by atomic mass is 15.2. The summed E-state index contributed by atoms with van der Waals surface area (Å²) in [6.45, 7) is 1.62. The molecule has 0 spiro atoms. The lowest BCUT2D eigenvalue weighted by Gasteiger charge is -2.38. The van der Waals surface area contributed by atoms with E-state index in [1.807, 2.05) is 35.2 Å². The van der Waals surface area contributed by atoms with Crippen LogP contribution in [-0.2, 0) is 5.54 Å². The number of nitrogens with two attached hydrogens (primary N) is 1. The summed E-state index contributed by atoms with van der Waals surface area (Å²) < 4.78 is 1.97. The molecular weight excluding hydrogens is 378 g/mol. The van der Waals surface area contributed by atoms with Crippen LogP contribution in [0.4, 0.5) is 5.82 Å². The van der Waals surface area contributed by atoms with E-state index in [1.54, 1.807) is 18.9 Å². The van der Waals surface area contributed by atoms with Crippen molar-refractivity contribution in [1.82, 2.24) is 34.5 Å². The molecule has 0 unspecified atom stereocenters. The predicted molar refractivity (Wildman–Crippen MR) is 114 cm³/mol. The largest absolute Gasteiger partial charge is 0.356 e. The number of aromatic nitrogens is 7. The summed E-state index contributed by atoms with van der Waals surface area (Å²) in [5.74, 6) is 1.80. The molecule has 4 N–H and O–H groups in total. The Morgan fingerprint density at radius 1 is 1.10 bits per heavy atom. The summed E-state index contributed by atoms with van der Waals surface area (Å²) in [7, 11) is 0. The van der Waals surface area contributed by atoms with Gasteiger partial charge in [0.1, 0.15) is 23.6 Å². The minimum atomic E-state index is -0.491. The topological polar surface area (TPSA) is 117 Å². The van der Waals surface area contributed by atoms with Gasteiger partial charge in [0.05, 0.1) is 28.3 Å². The van der Waals surface area contributed by atoms with E-state index in [1.165, 1.54) is 0 Å². The Kier molecular flexibility index (Phi) is 3.66. The van der Waals surface area contributed by atoms with E-state index in [0.717, 1.165) is 65.3 Å². The molecule has 1 aliphatic heterocycles. The molecule has 1 aromatic carbocycles. The summed E-state index contributed by atoms with van der Waals surface area (Å²) >= 11 is 0. The number of fused-ring (bicyclic) bond motifs is 2. The first-order valence-corrected chi connectivity index (χ1v) is 10.0. The lowest BCUT2D eigenvalue weighted by molar-refractivity contribution is 0.327. The first kappa shape index (κ1) is 17.2. The molecule has 1 saturated heterocycles. The Bertz CT molecular complexity index is 1320. The average molecular weight is 399 g/mol. The first-order chi connectivity index (χ1) is 14.7. The summed E-state index contributed by atoms with van der Waals surface area (Å²) in [6.07, 6.45) is 10.6. The quantitative estimate of drug-likeness (QED) is 0.429. The van der Waals surface area contributed by atoms with Crippen LogP contribution in [0.25, 0.3) is 27.8 Å². The Morgan fingerprint density at radius 2 is 2.00 bits per heavy atom. The van der Waals surface area contributed by atoms with E-state index in [-0.39, 0.29) is 0 Å². The van der Waals surface area contributed by atoms with Crippen LogP contribution in [0.1, 0.15) is 18.7 Å². The minimum Gasteiger partial charge on any atom is -0.356 e. The highest BCUT2D eigenvalue weighted by Gasteiger charge is 2.36. The molecule has 9 nitrogen and oxygen atoms in total. The van der Waals surface area contributed by atoms with E-state index in [0.29, 0.717) is 0 Å². The molecule has 6 rings (SSSR count). The number of hydrogen-bond donors (Lipinski definition) is 3. The van der Waals surface area contributed by atoms with Gasteiger partial charge in [-0.1, -0.05) is 0 Å². The third-order valence-corrected chi connectivity index (χ3v) is 6.03. The molecular formula is C21H21N9. The Hall–Kier alpha value is -3.72. The second-order valence-corrected chi connectivity index (χ2v) is 7.84. The number of piperidine rings is 1. The zero-order valence-corrected chi connectivity index (χ0v) is 16.3. The molecule has 0 atom stereocenters. The maximum absolute atomic E-state index is 6.84. The molecule has 9 heteroatoms. The van der Waals surface area contributed by atoms with Gasteiger partial charge in [0.25, 0.3) is 0 Å². The number of benzene rings is 1. The number of rotatable bonds is 3. The van der Waals surface area contributed by atoms with Gasteiger partial charge in [-0.2, -0.15) is 0 Å². The third-order valence-electron chi connectivity index (χ3n) is 6.03. The second kappa shape index (κ2) is 6.39. The van der Waals surface area contributed by atoms with Crippen LogP contribution in [0, 0.1) is 0 Å². The summed E-state index contributed by atoms with van der Waals surface area (Å²) in [5, 5.41) is 1.04. The van der Waals surface area contributed by atoms with E-state index >= 15 is 0 Å². The number of nitrogens with zero attached hydrogens (tertiary/aromatic N) is 6. The predicted octanol–water partition coefficient (Wildman–Crippen LogP) is 2.47. The molecule has 150 valence electrons. The second-order valence-electron chi connectivity index (χ2n) is 7.84. The Labute approximate surface area is 172 Å². The van der Waals surface area contributed by atoms with Gasteiger partial charge < -0.3 is 25.2 Å². The van der Waals surface area contributed by atoms with E-state index < -0.39 is 5.54 Å². The van der Waals surface area contributed by atoms with Crippen LogP contribution in [-0.4, -0.2) is 47.6 Å². The lowest BCUT2D eigenvalue weighted by Crippen LogP contribution is -2.49. The molecule has 0 amide bonds. The van der Waals surface area contributed by atoms with Gasteiger partial charge in [0, 0.05) is 37.4 Å². The van der Waals surface area contributed by atoms with Gasteiger partial charge >= 0.3 is 0 Å². The number of aromatic amines is 2. The van der Waals surface area contributed by atoms with Crippen LogP contribution in [0.3, 0.4) is 0 Å². The van der Waals surface area contributed by atoms with Crippen LogP contribution in [0.5, 0.6) is 0 Å². The summed E-state index contributed by atoms with van der Waals surface area (Å²) in [5.41, 5.74) is 10.1. The smallest absolute Gasteiger partial charge is 0.142 e. The fourth-order valence-corrected chi connectivity index (χ4v) is 4.27. The van der Waals surface area contributed by atoms with E-state index in [9.17, 15) is 0 Å². The normalized spacial score (nSPS) is 16.5. The van der Waals surface area contributed by atoms with E-state index in [4.69, 9.17) is 10.7 Å². The summed E-state index contributed by atoms with van der Waals surface area (Å²) in [4.78, 5) is 26.6. The third kappa shape index (κ3) is 2.66. The lowest BCUT2D eigenvalue weighted by atomic mass is 9.88. The van der Waals surface area contributed by atoms with Crippen molar-refractivity contribution < 1.29 is 0 Å². The Morgan fingerprint density at radius 3 is 2.83 bits per heavy atom. The molecule has 4 aromatic heterocycles. The zero-order valence-electron chi connectivity index (χ0n) is 16.3. The molecule has 30 heavy (non-hydrogen) atoms. The van der Waals surface area contributed by atoms with Crippen molar-refractivity contribution >= 4 is 27.9 Å². The highest BCUT2D eigenvalue weighted by Crippen LogP contribution is 2.33. The van der Waals surface area contributed by atoms with Gasteiger partial charge in [0.2, 0.25) is 0 Å². The standard InChI is InChI=1S/C21H21N9/c22-21(4-8-29(9-5-21)19-15-3-6-24-18(15)25-12-26-19)20-27-16-2-1-14(11-17(16)28-20)30-10-7-23-13-30/h1-3,6-7,10-13H,4-5,8-9,22H2,(H,27,28)(H,24,25,26). The van der Waals surface area contributed by atoms with Crippen LogP contribution < -0.4 is 10.6 Å². The zero-order chi connectivity index (χ0) is 20.1. The molecule has 0 saturated carbocycles. The SMILES string of the molecule is NC1(c2nc3ccc(-n4ccnc4)cc3[nH]2)CCN(c2ncnc3[nH]ccc23)CC1. The van der Waals surface area contributed by atoms with Crippen molar-refractivity contribution in [3.05, 3.63) is 61.3 Å². The van der Waals surface area contributed by atoms with Crippen molar-refractivity contribution in [2.75, 3.05) is 18.0 Å². The molecule has 5 aromatic rings. The maximum atomic E-state index is 6.84. The number of nitrogens with one attached hydrogen (secondary N) is 2. The van der Waals surface area contributed by atoms with Gasteiger partial charge in [-0.3, -0.25) is 0 Å². The van der Waals surface area contributed by atoms with Gasteiger partial charge in [-0.15, -0.1) is 0 Å². The van der Waals surface area contributed by atoms with Crippen LogP contribution in [0.2, 0.25) is 0 Å². The van der Waals surface area contributed by atoms with Crippen molar-refractivity contribution in [3.8, 4) is 5.69 Å². The number of anilines is 1. The fourth-order valence-electron chi connectivity index (χ4n) is 4.27. The van der Waals surface area contributed by atoms with E-state index in [2.05, 4.69) is 35.9 Å². The van der Waals surface area contributed by atoms with Crippen molar-refractivity contribution in [3.63, 3.8) is 0 Å². The molecule has 0 aliphatic carbocycles. The maximum Gasteiger partial charge on any atom is 0.142 e. The fraction of sp³-hybridized carbons (Fsp3) is 0.238. The number of H-pyrrole nitrogens is 2. The summed E-state index contributed by atoms with van der Waals surface area (Å²) in [6, 6.07) is 8.16. The highest BCUT2D eigenvalue weighted by molar-refractivity contribution is 5.87. The molecule has 0 bridgehead atoms. The van der Waals surface area contributed by atoms with Gasteiger partial charge in [0.15, 0.2) is 0 Å². The van der Waals surface area contributed by atoms with Crippen molar-refractivity contribution in [2.45, 2.75) is 18.4 Å². The van der Waals surface area contributed by atoms with Crippen LogP contribution >= 0.6 is 0 Å². The molecule has 1 fully saturated rings. The molecule has 5 heterocycles. The van der Waals surface area contributed by atoms with Crippen molar-refractivity contribution in [2.24, 2.45) is 5.73 Å². The van der Waals surface area contributed by atoms with Crippen LogP contribution in [0.15, 0.2) is 55.5 Å². The van der Waals surface area contributed by atoms with Crippen molar-refractivity contribution in [1.29, 1.82) is 0 Å². The molecule has 1 aliphatic rings. The van der Waals surface area contributed by atoms with Gasteiger partial charge in [-0.05, 0) is 37.1 Å². The monoisotopic (exact) mass is 399 g/mol.